The number of carbonyl (C=O) groups excluding carboxylic acids is 1. The van der Waals surface area contributed by atoms with Gasteiger partial charge in [0.25, 0.3) is 5.56 Å². The number of aromatic amines is 1. The van der Waals surface area contributed by atoms with Crippen LogP contribution >= 0.6 is 0 Å². The molecule has 0 aliphatic carbocycles. The number of nitrogens with one attached hydrogen (secondary N) is 1. The minimum atomic E-state index is -5.02. The van der Waals surface area contributed by atoms with Crippen molar-refractivity contribution in [3.05, 3.63) is 22.1 Å². The third-order valence-electron chi connectivity index (χ3n) is 2.09. The van der Waals surface area contributed by atoms with E-state index in [1.54, 1.807) is 0 Å². The summed E-state index contributed by atoms with van der Waals surface area (Å²) >= 11 is 0. The average Bonchev–Trinajstić information content (AvgIpc) is 2.32. The van der Waals surface area contributed by atoms with Gasteiger partial charge in [0.1, 0.15) is 0 Å². The number of halogens is 3. The fourth-order valence-electron chi connectivity index (χ4n) is 1.29. The zero-order valence-electron chi connectivity index (χ0n) is 9.96. The van der Waals surface area contributed by atoms with Gasteiger partial charge in [0, 0.05) is 0 Å². The van der Waals surface area contributed by atoms with Crippen molar-refractivity contribution in [2.24, 2.45) is 0 Å². The fourth-order valence-corrected chi connectivity index (χ4v) is 1.29. The number of esters is 1. The number of H-pyrrole nitrogens is 1. The Labute approximate surface area is 105 Å². The van der Waals surface area contributed by atoms with E-state index in [2.05, 4.69) is 19.2 Å². The first-order valence-electron chi connectivity index (χ1n) is 4.89. The van der Waals surface area contributed by atoms with Crippen LogP contribution in [0.3, 0.4) is 0 Å². The van der Waals surface area contributed by atoms with E-state index < -0.39 is 35.6 Å². The van der Waals surface area contributed by atoms with Crippen LogP contribution in [0.25, 0.3) is 0 Å². The molecule has 0 radical (unpaired) electrons. The maximum absolute atomic E-state index is 12.3. The SMILES string of the molecule is COC(=O)Cc1c(OC(F)(F)F)c(OC)c[nH]c1=O. The molecular formula is C10H10F3NO5. The Morgan fingerprint density at radius 3 is 2.47 bits per heavy atom. The number of methoxy groups -OCH3 is 2. The maximum Gasteiger partial charge on any atom is 0.573 e. The first-order chi connectivity index (χ1) is 8.78. The summed E-state index contributed by atoms with van der Waals surface area (Å²) in [5.41, 5.74) is -1.42. The van der Waals surface area contributed by atoms with Crippen molar-refractivity contribution in [2.45, 2.75) is 12.8 Å². The summed E-state index contributed by atoms with van der Waals surface area (Å²) in [5.74, 6) is -2.09. The number of aromatic nitrogens is 1. The highest BCUT2D eigenvalue weighted by Crippen LogP contribution is 2.33. The molecule has 1 aromatic heterocycles. The van der Waals surface area contributed by atoms with E-state index in [4.69, 9.17) is 0 Å². The standard InChI is InChI=1S/C10H10F3NO5/c1-17-6-4-14-9(16)5(3-7(15)18-2)8(6)19-10(11,12)13/h4H,3H2,1-2H3,(H,14,16). The number of ether oxygens (including phenoxy) is 3. The van der Waals surface area contributed by atoms with Gasteiger partial charge >= 0.3 is 12.3 Å². The third-order valence-corrected chi connectivity index (χ3v) is 2.09. The monoisotopic (exact) mass is 281 g/mol. The molecule has 0 aliphatic heterocycles. The van der Waals surface area contributed by atoms with E-state index >= 15 is 0 Å². The van der Waals surface area contributed by atoms with Gasteiger partial charge in [0.15, 0.2) is 11.5 Å². The number of hydrogen-bond acceptors (Lipinski definition) is 5. The number of carbonyl (C=O) groups is 1. The highest BCUT2D eigenvalue weighted by Gasteiger charge is 2.35. The maximum atomic E-state index is 12.3. The second-order valence-corrected chi connectivity index (χ2v) is 3.29. The molecule has 0 unspecified atom stereocenters. The molecule has 0 aromatic carbocycles. The van der Waals surface area contributed by atoms with Crippen molar-refractivity contribution < 1.29 is 32.2 Å². The lowest BCUT2D eigenvalue weighted by Gasteiger charge is -2.15. The molecule has 0 amide bonds. The smallest absolute Gasteiger partial charge is 0.491 e. The summed E-state index contributed by atoms with van der Waals surface area (Å²) in [4.78, 5) is 24.7. The minimum Gasteiger partial charge on any atom is -0.491 e. The van der Waals surface area contributed by atoms with Gasteiger partial charge in [0.05, 0.1) is 32.4 Å². The van der Waals surface area contributed by atoms with Crippen LogP contribution in [0.15, 0.2) is 11.0 Å². The molecule has 9 heteroatoms. The molecule has 6 nitrogen and oxygen atoms in total. The molecule has 19 heavy (non-hydrogen) atoms. The molecule has 0 spiro atoms. The Balaban J connectivity index is 3.32. The van der Waals surface area contributed by atoms with E-state index in [0.717, 1.165) is 20.4 Å². The zero-order chi connectivity index (χ0) is 14.6. The molecule has 1 heterocycles. The van der Waals surface area contributed by atoms with Crippen molar-refractivity contribution in [1.29, 1.82) is 0 Å². The Morgan fingerprint density at radius 1 is 1.37 bits per heavy atom. The van der Waals surface area contributed by atoms with Gasteiger partial charge in [-0.1, -0.05) is 0 Å². The Kier molecular flexibility index (Phi) is 4.41. The van der Waals surface area contributed by atoms with Crippen molar-refractivity contribution in [2.75, 3.05) is 14.2 Å². The van der Waals surface area contributed by atoms with Gasteiger partial charge in [-0.25, -0.2) is 0 Å². The Bertz CT molecular complexity index is 523. The van der Waals surface area contributed by atoms with Crippen LogP contribution in [0.1, 0.15) is 5.56 Å². The van der Waals surface area contributed by atoms with Crippen LogP contribution in [0.4, 0.5) is 13.2 Å². The molecule has 0 fully saturated rings. The van der Waals surface area contributed by atoms with Crippen LogP contribution < -0.4 is 15.0 Å². The van der Waals surface area contributed by atoms with Gasteiger partial charge in [-0.2, -0.15) is 0 Å². The summed E-state index contributed by atoms with van der Waals surface area (Å²) in [6, 6.07) is 0. The topological polar surface area (TPSA) is 77.6 Å². The fraction of sp³-hybridized carbons (Fsp3) is 0.400. The molecule has 1 aromatic rings. The van der Waals surface area contributed by atoms with Crippen molar-refractivity contribution >= 4 is 5.97 Å². The molecular weight excluding hydrogens is 271 g/mol. The lowest BCUT2D eigenvalue weighted by atomic mass is 10.2. The van der Waals surface area contributed by atoms with Gasteiger partial charge in [0.2, 0.25) is 0 Å². The number of rotatable bonds is 4. The number of pyridine rings is 1. The van der Waals surface area contributed by atoms with Crippen LogP contribution in [-0.4, -0.2) is 31.5 Å². The third kappa shape index (κ3) is 3.90. The Hall–Kier alpha value is -2.19. The van der Waals surface area contributed by atoms with Crippen molar-refractivity contribution in [3.8, 4) is 11.5 Å². The van der Waals surface area contributed by atoms with E-state index in [-0.39, 0.29) is 5.75 Å². The van der Waals surface area contributed by atoms with E-state index in [0.29, 0.717) is 0 Å². The summed E-state index contributed by atoms with van der Waals surface area (Å²) in [5, 5.41) is 0. The average molecular weight is 281 g/mol. The van der Waals surface area contributed by atoms with Gasteiger partial charge in [-0.3, -0.25) is 9.59 Å². The van der Waals surface area contributed by atoms with Crippen LogP contribution in [0, 0.1) is 0 Å². The number of hydrogen-bond donors (Lipinski definition) is 1. The molecule has 0 saturated heterocycles. The van der Waals surface area contributed by atoms with Crippen molar-refractivity contribution in [1.82, 2.24) is 4.98 Å². The van der Waals surface area contributed by atoms with Crippen LogP contribution in [0.5, 0.6) is 11.5 Å². The molecule has 0 atom stereocenters. The second kappa shape index (κ2) is 5.63. The summed E-state index contributed by atoms with van der Waals surface area (Å²) in [6.45, 7) is 0. The normalized spacial score (nSPS) is 11.0. The second-order valence-electron chi connectivity index (χ2n) is 3.29. The van der Waals surface area contributed by atoms with E-state index in [1.165, 1.54) is 0 Å². The zero-order valence-corrected chi connectivity index (χ0v) is 9.96. The van der Waals surface area contributed by atoms with Crippen LogP contribution in [0.2, 0.25) is 0 Å². The molecule has 1 rings (SSSR count). The van der Waals surface area contributed by atoms with E-state index in [1.807, 2.05) is 0 Å². The Morgan fingerprint density at radius 2 is 2.00 bits per heavy atom. The highest BCUT2D eigenvalue weighted by atomic mass is 19.4. The highest BCUT2D eigenvalue weighted by molar-refractivity contribution is 5.73. The lowest BCUT2D eigenvalue weighted by Crippen LogP contribution is -2.24. The van der Waals surface area contributed by atoms with Gasteiger partial charge < -0.3 is 19.2 Å². The van der Waals surface area contributed by atoms with Crippen LogP contribution in [-0.2, 0) is 16.0 Å². The summed E-state index contributed by atoms with van der Waals surface area (Å²) < 4.78 is 49.5. The molecule has 0 bridgehead atoms. The first kappa shape index (κ1) is 14.9. The molecule has 0 saturated carbocycles. The van der Waals surface area contributed by atoms with Gasteiger partial charge in [-0.15, -0.1) is 13.2 Å². The van der Waals surface area contributed by atoms with Crippen molar-refractivity contribution in [3.63, 3.8) is 0 Å². The predicted octanol–water partition coefficient (Wildman–Crippen LogP) is 0.998. The first-order valence-corrected chi connectivity index (χ1v) is 4.89. The molecule has 106 valence electrons. The largest absolute Gasteiger partial charge is 0.573 e. The lowest BCUT2D eigenvalue weighted by molar-refractivity contribution is -0.275. The number of alkyl halides is 3. The van der Waals surface area contributed by atoms with E-state index in [9.17, 15) is 22.8 Å². The predicted molar refractivity (Wildman–Crippen MR) is 56.0 cm³/mol. The molecule has 0 aliphatic rings. The van der Waals surface area contributed by atoms with Gasteiger partial charge in [-0.05, 0) is 0 Å². The summed E-state index contributed by atoms with van der Waals surface area (Å²) in [7, 11) is 2.14. The molecule has 1 N–H and O–H groups in total. The summed E-state index contributed by atoms with van der Waals surface area (Å²) in [6.07, 6.45) is -4.79. The minimum absolute atomic E-state index is 0.351. The quantitative estimate of drug-likeness (QED) is 0.833.